The number of carbonyl (C=O) groups excluding carboxylic acids is 3. The molecular weight excluding hydrogens is 384 g/mol. The lowest BCUT2D eigenvalue weighted by Crippen LogP contribution is -2.31. The number of rotatable bonds is 1. The third-order valence-corrected chi connectivity index (χ3v) is 6.13. The number of fused-ring (bicyclic) bond motifs is 1. The molecule has 2 aromatic rings. The average molecular weight is 398 g/mol. The Hall–Kier alpha value is -2.78. The molecule has 1 aromatic carbocycles. The number of nitrogens with zero attached hydrogens (tertiary/aromatic N) is 4. The van der Waals surface area contributed by atoms with Crippen LogP contribution in [0.15, 0.2) is 39.5 Å². The first-order valence-electron chi connectivity index (χ1n) is 8.04. The van der Waals surface area contributed by atoms with E-state index in [4.69, 9.17) is 0 Å². The van der Waals surface area contributed by atoms with Crippen LogP contribution in [0.3, 0.4) is 0 Å². The van der Waals surface area contributed by atoms with Crippen LogP contribution >= 0.6 is 23.1 Å². The average Bonchev–Trinajstić information content (AvgIpc) is 3.25. The molecule has 0 N–H and O–H groups in total. The summed E-state index contributed by atoms with van der Waals surface area (Å²) < 4.78 is 0. The van der Waals surface area contributed by atoms with E-state index >= 15 is 0 Å². The van der Waals surface area contributed by atoms with Crippen LogP contribution in [0.2, 0.25) is 0 Å². The van der Waals surface area contributed by atoms with Crippen molar-refractivity contribution < 1.29 is 14.4 Å². The van der Waals surface area contributed by atoms with Crippen LogP contribution in [0.1, 0.15) is 18.2 Å². The Bertz CT molecular complexity index is 1070. The van der Waals surface area contributed by atoms with Crippen molar-refractivity contribution in [3.05, 3.63) is 45.8 Å². The number of likely N-dealkylation sites (N-methyl/N-ethyl adjacent to an activating group) is 1. The highest BCUT2D eigenvalue weighted by Crippen LogP contribution is 2.44. The van der Waals surface area contributed by atoms with E-state index in [1.165, 1.54) is 23.2 Å². The smallest absolute Gasteiger partial charge is 0.267 e. The van der Waals surface area contributed by atoms with Crippen LogP contribution < -0.4 is 4.90 Å². The van der Waals surface area contributed by atoms with Crippen LogP contribution in [0.5, 0.6) is 0 Å². The highest BCUT2D eigenvalue weighted by atomic mass is 32.2. The molecule has 27 heavy (non-hydrogen) atoms. The molecule has 0 bridgehead atoms. The van der Waals surface area contributed by atoms with Crippen molar-refractivity contribution >= 4 is 62.4 Å². The van der Waals surface area contributed by atoms with E-state index in [2.05, 4.69) is 9.98 Å². The number of imide groups is 1. The first-order valence-corrected chi connectivity index (χ1v) is 9.73. The quantitative estimate of drug-likeness (QED) is 0.690. The van der Waals surface area contributed by atoms with Gasteiger partial charge in [-0.2, -0.15) is 4.99 Å². The number of para-hydroxylation sites is 1. The molecule has 7 nitrogen and oxygen atoms in total. The summed E-state index contributed by atoms with van der Waals surface area (Å²) in [6, 6.07) is 6.97. The van der Waals surface area contributed by atoms with Crippen LogP contribution in [0, 0.1) is 6.92 Å². The van der Waals surface area contributed by atoms with Gasteiger partial charge in [0.2, 0.25) is 11.0 Å². The molecule has 0 radical (unpaired) electrons. The zero-order valence-corrected chi connectivity index (χ0v) is 16.3. The molecule has 0 spiro atoms. The predicted octanol–water partition coefficient (Wildman–Crippen LogP) is 2.95. The van der Waals surface area contributed by atoms with Gasteiger partial charge in [-0.3, -0.25) is 19.3 Å². The molecule has 1 saturated heterocycles. The molecule has 0 aliphatic carbocycles. The fourth-order valence-electron chi connectivity index (χ4n) is 2.92. The molecule has 136 valence electrons. The van der Waals surface area contributed by atoms with Crippen LogP contribution in [-0.4, -0.2) is 39.8 Å². The summed E-state index contributed by atoms with van der Waals surface area (Å²) in [6.45, 7) is 3.20. The highest BCUT2D eigenvalue weighted by Gasteiger charge is 2.42. The molecule has 0 saturated carbocycles. The normalized spacial score (nSPS) is 20.8. The summed E-state index contributed by atoms with van der Waals surface area (Å²) >= 11 is 2.50. The van der Waals surface area contributed by atoms with E-state index in [1.54, 1.807) is 31.3 Å². The molecule has 2 aliphatic heterocycles. The molecule has 3 amide bonds. The Labute approximate surface area is 163 Å². The molecule has 3 heterocycles. The van der Waals surface area contributed by atoms with E-state index in [-0.39, 0.29) is 22.3 Å². The third-order valence-electron chi connectivity index (χ3n) is 4.15. The molecule has 0 atom stereocenters. The number of hydrogen-bond donors (Lipinski definition) is 0. The lowest BCUT2D eigenvalue weighted by molar-refractivity contribution is -0.123. The SMILES string of the molecule is CC(=O)N1C(=O)/C(=C2\S/C(=N/c3nc(C)cs3)N(C)C2=O)c2ccccc21. The summed E-state index contributed by atoms with van der Waals surface area (Å²) in [5, 5.41) is 2.87. The molecule has 4 rings (SSSR count). The van der Waals surface area contributed by atoms with E-state index in [0.29, 0.717) is 21.6 Å². The molecule has 2 aliphatic rings. The molecule has 9 heteroatoms. The Morgan fingerprint density at radius 2 is 1.93 bits per heavy atom. The Morgan fingerprint density at radius 3 is 2.59 bits per heavy atom. The predicted molar refractivity (Wildman–Crippen MR) is 106 cm³/mol. The maximum absolute atomic E-state index is 12.9. The fraction of sp³-hybridized carbons (Fsp3) is 0.167. The van der Waals surface area contributed by atoms with Gasteiger partial charge in [-0.1, -0.05) is 18.2 Å². The van der Waals surface area contributed by atoms with Gasteiger partial charge in [-0.25, -0.2) is 9.88 Å². The van der Waals surface area contributed by atoms with Gasteiger partial charge in [0.1, 0.15) is 0 Å². The van der Waals surface area contributed by atoms with E-state index in [9.17, 15) is 14.4 Å². The second-order valence-corrected chi connectivity index (χ2v) is 7.83. The maximum atomic E-state index is 12.9. The minimum Gasteiger partial charge on any atom is -0.289 e. The number of amides is 3. The van der Waals surface area contributed by atoms with Crippen molar-refractivity contribution in [2.24, 2.45) is 4.99 Å². The number of aliphatic imine (C=N–C) groups is 1. The van der Waals surface area contributed by atoms with Crippen molar-refractivity contribution in [1.29, 1.82) is 0 Å². The lowest BCUT2D eigenvalue weighted by atomic mass is 10.1. The fourth-order valence-corrected chi connectivity index (χ4v) is 4.70. The molecule has 1 fully saturated rings. The minimum atomic E-state index is -0.487. The van der Waals surface area contributed by atoms with Crippen LogP contribution in [0.25, 0.3) is 5.57 Å². The summed E-state index contributed by atoms with van der Waals surface area (Å²) in [7, 11) is 1.61. The van der Waals surface area contributed by atoms with Crippen molar-refractivity contribution in [1.82, 2.24) is 9.88 Å². The second kappa shape index (κ2) is 6.43. The largest absolute Gasteiger partial charge is 0.289 e. The van der Waals surface area contributed by atoms with Crippen molar-refractivity contribution in [3.8, 4) is 0 Å². The number of thioether (sulfide) groups is 1. The Morgan fingerprint density at radius 1 is 1.19 bits per heavy atom. The van der Waals surface area contributed by atoms with E-state index in [1.807, 2.05) is 12.3 Å². The molecular formula is C18H14N4O3S2. The van der Waals surface area contributed by atoms with Crippen molar-refractivity contribution in [2.45, 2.75) is 13.8 Å². The number of aromatic nitrogens is 1. The van der Waals surface area contributed by atoms with Gasteiger partial charge in [-0.15, -0.1) is 11.3 Å². The minimum absolute atomic E-state index is 0.239. The Balaban J connectivity index is 1.83. The van der Waals surface area contributed by atoms with E-state index < -0.39 is 5.91 Å². The Kier molecular flexibility index (Phi) is 4.20. The van der Waals surface area contributed by atoms with Gasteiger partial charge in [-0.05, 0) is 24.8 Å². The number of benzene rings is 1. The monoisotopic (exact) mass is 398 g/mol. The summed E-state index contributed by atoms with van der Waals surface area (Å²) in [5.41, 5.74) is 2.16. The van der Waals surface area contributed by atoms with Gasteiger partial charge in [0.05, 0.1) is 21.9 Å². The maximum Gasteiger partial charge on any atom is 0.267 e. The third kappa shape index (κ3) is 2.79. The van der Waals surface area contributed by atoms with Crippen molar-refractivity contribution in [2.75, 3.05) is 11.9 Å². The number of thiazole rings is 1. The number of aryl methyl sites for hydroxylation is 1. The lowest BCUT2D eigenvalue weighted by Gasteiger charge is -2.11. The summed E-state index contributed by atoms with van der Waals surface area (Å²) in [4.78, 5) is 49.2. The van der Waals surface area contributed by atoms with Gasteiger partial charge in [0.25, 0.3) is 11.8 Å². The van der Waals surface area contributed by atoms with Crippen LogP contribution in [0.4, 0.5) is 10.8 Å². The molecule has 0 unspecified atom stereocenters. The standard InChI is InChI=1S/C18H14N4O3S2/c1-9-8-26-17(19-9)20-18-21(3)16(25)14(27-18)13-11-6-4-5-7-12(11)22(10(2)23)15(13)24/h4-8H,1-3H3/b14-13-,20-18+. The van der Waals surface area contributed by atoms with Gasteiger partial charge in [0, 0.05) is 24.9 Å². The first kappa shape index (κ1) is 17.6. The summed E-state index contributed by atoms with van der Waals surface area (Å²) in [6.07, 6.45) is 0. The second-order valence-electron chi connectivity index (χ2n) is 6.01. The van der Waals surface area contributed by atoms with Crippen LogP contribution in [-0.2, 0) is 14.4 Å². The number of anilines is 1. The zero-order chi connectivity index (χ0) is 19.3. The van der Waals surface area contributed by atoms with Crippen molar-refractivity contribution in [3.63, 3.8) is 0 Å². The first-order chi connectivity index (χ1) is 12.9. The van der Waals surface area contributed by atoms with Gasteiger partial charge in [0.15, 0.2) is 5.17 Å². The van der Waals surface area contributed by atoms with E-state index in [0.717, 1.165) is 22.4 Å². The number of hydrogen-bond acceptors (Lipinski definition) is 7. The topological polar surface area (TPSA) is 82.9 Å². The zero-order valence-electron chi connectivity index (χ0n) is 14.7. The van der Waals surface area contributed by atoms with Gasteiger partial charge >= 0.3 is 0 Å². The number of carbonyl (C=O) groups is 3. The highest BCUT2D eigenvalue weighted by molar-refractivity contribution is 8.18. The molecule has 1 aromatic heterocycles. The summed E-state index contributed by atoms with van der Waals surface area (Å²) in [5.74, 6) is -1.20. The number of amidine groups is 1. The van der Waals surface area contributed by atoms with Gasteiger partial charge < -0.3 is 0 Å².